The second-order valence-corrected chi connectivity index (χ2v) is 11.2. The molecule has 218 valence electrons. The fourth-order valence-electron chi connectivity index (χ4n) is 6.13. The minimum Gasteiger partial charge on any atom is -0.338 e. The van der Waals surface area contributed by atoms with Crippen molar-refractivity contribution in [3.05, 3.63) is 163 Å². The minimum absolute atomic E-state index is 0.475. The fourth-order valence-corrected chi connectivity index (χ4v) is 6.13. The van der Waals surface area contributed by atoms with Crippen LogP contribution in [0.2, 0.25) is 0 Å². The quantitative estimate of drug-likeness (QED) is 0.181. The van der Waals surface area contributed by atoms with Gasteiger partial charge in [-0.05, 0) is 53.6 Å². The molecule has 0 bridgehead atoms. The molecule has 5 nitrogen and oxygen atoms in total. The molecule has 6 aromatic carbocycles. The number of rotatable bonds is 7. The third-order valence-corrected chi connectivity index (χ3v) is 8.32. The average Bonchev–Trinajstić information content (AvgIpc) is 3.46. The molecule has 46 heavy (non-hydrogen) atoms. The lowest BCUT2D eigenvalue weighted by molar-refractivity contribution is 1.18. The molecule has 0 aliphatic rings. The molecule has 0 spiro atoms. The predicted molar refractivity (Wildman–Crippen MR) is 190 cm³/mol. The zero-order chi connectivity index (χ0) is 30.9. The molecule has 0 amide bonds. The Balaban J connectivity index is 1.21. The lowest BCUT2D eigenvalue weighted by atomic mass is 9.99. The number of aromatic nitrogens is 3. The van der Waals surface area contributed by atoms with Gasteiger partial charge in [-0.25, -0.2) is 9.97 Å². The number of hydrogen-bond acceptors (Lipinski definition) is 4. The van der Waals surface area contributed by atoms with E-state index in [1.165, 1.54) is 28.0 Å². The Morgan fingerprint density at radius 2 is 1.07 bits per heavy atom. The van der Waals surface area contributed by atoms with Gasteiger partial charge in [0.1, 0.15) is 5.69 Å². The van der Waals surface area contributed by atoms with Crippen LogP contribution in [0.15, 0.2) is 158 Å². The van der Waals surface area contributed by atoms with Gasteiger partial charge in [0.15, 0.2) is 5.82 Å². The van der Waals surface area contributed by atoms with E-state index in [0.717, 1.165) is 45.0 Å². The standard InChI is InChI=1S/C41H29N5/c42-27-36-41(43-32-14-6-2-7-15-32)45-40(29-12-4-1-5-13-29)39(44-36)30-22-20-28(21-23-30)31-24-25-38-35(26-31)34-18-10-11-19-37(34)46(38)33-16-8-3-9-17-33/h1-27,42H,(H,43,45). The summed E-state index contributed by atoms with van der Waals surface area (Å²) in [6, 6.07) is 54.2. The van der Waals surface area contributed by atoms with Crippen LogP contribution in [0.4, 0.5) is 11.5 Å². The Bertz CT molecular complexity index is 2330. The lowest BCUT2D eigenvalue weighted by Gasteiger charge is -2.15. The highest BCUT2D eigenvalue weighted by Crippen LogP contribution is 2.36. The summed E-state index contributed by atoms with van der Waals surface area (Å²) in [5.74, 6) is 0.545. The van der Waals surface area contributed by atoms with E-state index in [2.05, 4.69) is 107 Å². The number of anilines is 2. The van der Waals surface area contributed by atoms with Crippen LogP contribution in [0, 0.1) is 5.41 Å². The summed E-state index contributed by atoms with van der Waals surface area (Å²) in [6.07, 6.45) is 1.26. The Hall–Kier alpha value is -6.33. The second kappa shape index (κ2) is 11.6. The first kappa shape index (κ1) is 27.2. The van der Waals surface area contributed by atoms with Crippen molar-refractivity contribution in [1.82, 2.24) is 14.5 Å². The van der Waals surface area contributed by atoms with E-state index in [9.17, 15) is 0 Å². The van der Waals surface area contributed by atoms with E-state index in [1.54, 1.807) is 0 Å². The van der Waals surface area contributed by atoms with Crippen LogP contribution in [0.25, 0.3) is 61.1 Å². The molecule has 0 fully saturated rings. The zero-order valence-electron chi connectivity index (χ0n) is 24.9. The summed E-state index contributed by atoms with van der Waals surface area (Å²) >= 11 is 0. The highest BCUT2D eigenvalue weighted by atomic mass is 15.0. The van der Waals surface area contributed by atoms with E-state index in [-0.39, 0.29) is 0 Å². The molecule has 0 saturated carbocycles. The Morgan fingerprint density at radius 3 is 1.80 bits per heavy atom. The summed E-state index contributed by atoms with van der Waals surface area (Å²) in [7, 11) is 0. The highest BCUT2D eigenvalue weighted by molar-refractivity contribution is 6.10. The van der Waals surface area contributed by atoms with Crippen molar-refractivity contribution in [3.63, 3.8) is 0 Å². The first-order valence-corrected chi connectivity index (χ1v) is 15.3. The summed E-state index contributed by atoms with van der Waals surface area (Å²) < 4.78 is 2.33. The van der Waals surface area contributed by atoms with E-state index in [1.807, 2.05) is 60.7 Å². The zero-order valence-corrected chi connectivity index (χ0v) is 24.9. The van der Waals surface area contributed by atoms with Gasteiger partial charge in [0.05, 0.1) is 22.4 Å². The van der Waals surface area contributed by atoms with Crippen molar-refractivity contribution in [2.75, 3.05) is 5.32 Å². The first-order valence-electron chi connectivity index (χ1n) is 15.3. The van der Waals surface area contributed by atoms with Crippen LogP contribution >= 0.6 is 0 Å². The van der Waals surface area contributed by atoms with Gasteiger partial charge in [0.25, 0.3) is 0 Å². The number of nitrogens with one attached hydrogen (secondary N) is 2. The molecule has 0 atom stereocenters. The molecule has 0 saturated heterocycles. The summed E-state index contributed by atoms with van der Waals surface area (Å²) in [5.41, 5.74) is 10.5. The normalized spacial score (nSPS) is 11.1. The monoisotopic (exact) mass is 591 g/mol. The molecule has 0 unspecified atom stereocenters. The molecule has 2 aromatic heterocycles. The molecule has 2 N–H and O–H groups in total. The topological polar surface area (TPSA) is 66.6 Å². The third-order valence-electron chi connectivity index (χ3n) is 8.32. The molecule has 5 heteroatoms. The maximum atomic E-state index is 8.14. The fraction of sp³-hybridized carbons (Fsp3) is 0. The van der Waals surface area contributed by atoms with Crippen LogP contribution in [0.1, 0.15) is 5.69 Å². The largest absolute Gasteiger partial charge is 0.338 e. The first-order chi connectivity index (χ1) is 22.8. The van der Waals surface area contributed by atoms with Crippen molar-refractivity contribution in [3.8, 4) is 39.3 Å². The smallest absolute Gasteiger partial charge is 0.158 e. The summed E-state index contributed by atoms with van der Waals surface area (Å²) in [5, 5.41) is 13.9. The van der Waals surface area contributed by atoms with Crippen molar-refractivity contribution < 1.29 is 0 Å². The van der Waals surface area contributed by atoms with Gasteiger partial charge < -0.3 is 15.3 Å². The highest BCUT2D eigenvalue weighted by Gasteiger charge is 2.17. The lowest BCUT2D eigenvalue weighted by Crippen LogP contribution is -2.05. The van der Waals surface area contributed by atoms with Gasteiger partial charge in [-0.1, -0.05) is 115 Å². The predicted octanol–water partition coefficient (Wildman–Crippen LogP) is 10.3. The Morgan fingerprint density at radius 1 is 0.500 bits per heavy atom. The molecule has 0 radical (unpaired) electrons. The van der Waals surface area contributed by atoms with E-state index in [4.69, 9.17) is 15.4 Å². The van der Waals surface area contributed by atoms with Crippen LogP contribution in [0.5, 0.6) is 0 Å². The minimum atomic E-state index is 0.475. The average molecular weight is 592 g/mol. The number of fused-ring (bicyclic) bond motifs is 3. The SMILES string of the molecule is N=Cc1nc(-c2ccc(-c3ccc4c(c3)c3ccccc3n4-c3ccccc3)cc2)c(-c2ccccc2)nc1Nc1ccccc1. The number of nitrogens with zero attached hydrogens (tertiary/aromatic N) is 3. The van der Waals surface area contributed by atoms with E-state index >= 15 is 0 Å². The molecule has 8 aromatic rings. The summed E-state index contributed by atoms with van der Waals surface area (Å²) in [6.45, 7) is 0. The molecule has 8 rings (SSSR count). The van der Waals surface area contributed by atoms with E-state index < -0.39 is 0 Å². The van der Waals surface area contributed by atoms with Gasteiger partial charge in [0.2, 0.25) is 0 Å². The van der Waals surface area contributed by atoms with Gasteiger partial charge in [0, 0.05) is 39.5 Å². The van der Waals surface area contributed by atoms with Crippen molar-refractivity contribution >= 4 is 39.5 Å². The van der Waals surface area contributed by atoms with Crippen molar-refractivity contribution in [1.29, 1.82) is 5.41 Å². The van der Waals surface area contributed by atoms with E-state index in [0.29, 0.717) is 11.5 Å². The van der Waals surface area contributed by atoms with Gasteiger partial charge >= 0.3 is 0 Å². The Labute approximate surface area is 267 Å². The molecule has 2 heterocycles. The van der Waals surface area contributed by atoms with Gasteiger partial charge in [-0.2, -0.15) is 0 Å². The van der Waals surface area contributed by atoms with Crippen molar-refractivity contribution in [2.45, 2.75) is 0 Å². The maximum absolute atomic E-state index is 8.14. The summed E-state index contributed by atoms with van der Waals surface area (Å²) in [4.78, 5) is 10.0. The molecular weight excluding hydrogens is 562 g/mol. The third kappa shape index (κ3) is 4.90. The van der Waals surface area contributed by atoms with Gasteiger partial charge in [-0.15, -0.1) is 0 Å². The van der Waals surface area contributed by atoms with Crippen LogP contribution < -0.4 is 5.32 Å². The maximum Gasteiger partial charge on any atom is 0.158 e. The Kier molecular flexibility index (Phi) is 6.89. The molecule has 0 aliphatic carbocycles. The number of hydrogen-bond donors (Lipinski definition) is 2. The van der Waals surface area contributed by atoms with Crippen LogP contribution in [-0.4, -0.2) is 20.7 Å². The molecule has 0 aliphatic heterocycles. The van der Waals surface area contributed by atoms with Crippen molar-refractivity contribution in [2.24, 2.45) is 0 Å². The van der Waals surface area contributed by atoms with Crippen LogP contribution in [-0.2, 0) is 0 Å². The second-order valence-electron chi connectivity index (χ2n) is 11.2. The molecular formula is C41H29N5. The van der Waals surface area contributed by atoms with Crippen LogP contribution in [0.3, 0.4) is 0 Å². The number of benzene rings is 6. The number of para-hydroxylation sites is 3. The van der Waals surface area contributed by atoms with Gasteiger partial charge in [-0.3, -0.25) is 0 Å².